The summed E-state index contributed by atoms with van der Waals surface area (Å²) in [5.41, 5.74) is 2.53. The van der Waals surface area contributed by atoms with E-state index >= 15 is 0 Å². The second-order valence-electron chi connectivity index (χ2n) is 6.72. The van der Waals surface area contributed by atoms with Gasteiger partial charge >= 0.3 is 0 Å². The minimum absolute atomic E-state index is 0.608. The second kappa shape index (κ2) is 7.70. The van der Waals surface area contributed by atoms with E-state index in [0.29, 0.717) is 18.8 Å². The number of hydrogen-bond acceptors (Lipinski definition) is 6. The van der Waals surface area contributed by atoms with Gasteiger partial charge in [0.2, 0.25) is 5.95 Å². The van der Waals surface area contributed by atoms with Crippen LogP contribution in [0.15, 0.2) is 35.7 Å². The minimum atomic E-state index is -0.608. The average Bonchev–Trinajstić information content (AvgIpc) is 3.37. The molecule has 0 saturated heterocycles. The van der Waals surface area contributed by atoms with Crippen LogP contribution in [0.25, 0.3) is 0 Å². The number of ether oxygens (including phenoxy) is 1. The van der Waals surface area contributed by atoms with Crippen LogP contribution in [-0.4, -0.2) is 33.5 Å². The highest BCUT2D eigenvalue weighted by atomic mass is 32.1. The number of benzene rings is 1. The van der Waals surface area contributed by atoms with Crippen LogP contribution in [0.3, 0.4) is 0 Å². The Morgan fingerprint density at radius 1 is 1.26 bits per heavy atom. The Kier molecular flexibility index (Phi) is 5.13. The molecule has 0 spiro atoms. The Bertz CT molecular complexity index is 907. The largest absolute Gasteiger partial charge is 0.496 e. The Morgan fingerprint density at radius 2 is 2.15 bits per heavy atom. The van der Waals surface area contributed by atoms with Gasteiger partial charge in [-0.15, -0.1) is 21.5 Å². The molecule has 0 radical (unpaired) electrons. The second-order valence-corrected chi connectivity index (χ2v) is 7.75. The van der Waals surface area contributed by atoms with E-state index in [2.05, 4.69) is 37.2 Å². The van der Waals surface area contributed by atoms with Gasteiger partial charge in [-0.3, -0.25) is 4.57 Å². The summed E-state index contributed by atoms with van der Waals surface area (Å²) < 4.78 is 7.57. The first-order chi connectivity index (χ1) is 13.2. The number of aliphatic hydroxyl groups is 1. The van der Waals surface area contributed by atoms with Crippen LogP contribution in [0.4, 0.5) is 5.95 Å². The van der Waals surface area contributed by atoms with Crippen LogP contribution >= 0.6 is 11.3 Å². The monoisotopic (exact) mass is 384 g/mol. The van der Waals surface area contributed by atoms with Crippen molar-refractivity contribution in [3.63, 3.8) is 0 Å². The molecule has 3 heterocycles. The van der Waals surface area contributed by atoms with Crippen LogP contribution < -0.4 is 9.64 Å². The first-order valence-electron chi connectivity index (χ1n) is 9.24. The van der Waals surface area contributed by atoms with Crippen LogP contribution in [0.1, 0.15) is 41.3 Å². The number of rotatable bonds is 6. The summed E-state index contributed by atoms with van der Waals surface area (Å²) in [6.45, 7) is 4.24. The highest BCUT2D eigenvalue weighted by molar-refractivity contribution is 7.09. The van der Waals surface area contributed by atoms with E-state index in [1.807, 2.05) is 25.1 Å². The van der Waals surface area contributed by atoms with Crippen molar-refractivity contribution in [1.82, 2.24) is 14.8 Å². The molecule has 1 N–H and O–H groups in total. The number of thiophene rings is 1. The summed E-state index contributed by atoms with van der Waals surface area (Å²) in [6.07, 6.45) is 0.905. The van der Waals surface area contributed by atoms with E-state index in [1.165, 1.54) is 16.0 Å². The van der Waals surface area contributed by atoms with Crippen molar-refractivity contribution >= 4 is 17.3 Å². The topological polar surface area (TPSA) is 63.4 Å². The number of fused-ring (bicyclic) bond motifs is 1. The maximum Gasteiger partial charge on any atom is 0.227 e. The fourth-order valence-electron chi connectivity index (χ4n) is 3.62. The maximum absolute atomic E-state index is 10.4. The van der Waals surface area contributed by atoms with Gasteiger partial charge in [-0.25, -0.2) is 0 Å². The van der Waals surface area contributed by atoms with Gasteiger partial charge in [0.15, 0.2) is 5.82 Å². The van der Waals surface area contributed by atoms with Gasteiger partial charge in [0.25, 0.3) is 0 Å². The summed E-state index contributed by atoms with van der Waals surface area (Å²) in [4.78, 5) is 3.47. The molecule has 3 aromatic rings. The molecule has 0 amide bonds. The quantitative estimate of drug-likeness (QED) is 0.706. The molecule has 0 bridgehead atoms. The summed E-state index contributed by atoms with van der Waals surface area (Å²) >= 11 is 1.70. The van der Waals surface area contributed by atoms with Gasteiger partial charge in [0.1, 0.15) is 11.9 Å². The Balaban J connectivity index is 1.68. The highest BCUT2D eigenvalue weighted by Crippen LogP contribution is 2.31. The predicted octanol–water partition coefficient (Wildman–Crippen LogP) is 3.40. The fraction of sp³-hybridized carbons (Fsp3) is 0.400. The first kappa shape index (κ1) is 18.0. The van der Waals surface area contributed by atoms with Crippen molar-refractivity contribution < 1.29 is 9.84 Å². The molecule has 1 aromatic carbocycles. The zero-order valence-corrected chi connectivity index (χ0v) is 16.4. The van der Waals surface area contributed by atoms with Crippen LogP contribution in [0.5, 0.6) is 5.75 Å². The number of anilines is 1. The van der Waals surface area contributed by atoms with Crippen molar-refractivity contribution in [2.45, 2.75) is 39.0 Å². The summed E-state index contributed by atoms with van der Waals surface area (Å²) in [6, 6.07) is 10.3. The van der Waals surface area contributed by atoms with Crippen molar-refractivity contribution in [3.8, 4) is 5.75 Å². The number of nitrogens with zero attached hydrogens (tertiary/aromatic N) is 4. The number of aromatic nitrogens is 3. The van der Waals surface area contributed by atoms with Crippen molar-refractivity contribution in [2.75, 3.05) is 18.6 Å². The van der Waals surface area contributed by atoms with E-state index in [0.717, 1.165) is 31.2 Å². The van der Waals surface area contributed by atoms with E-state index in [1.54, 1.807) is 18.4 Å². The summed E-state index contributed by atoms with van der Waals surface area (Å²) in [5.74, 6) is 2.41. The minimum Gasteiger partial charge on any atom is -0.496 e. The number of hydrogen-bond donors (Lipinski definition) is 1. The molecule has 0 saturated carbocycles. The smallest absolute Gasteiger partial charge is 0.227 e. The molecule has 27 heavy (non-hydrogen) atoms. The number of methoxy groups -OCH3 is 1. The van der Waals surface area contributed by atoms with E-state index in [9.17, 15) is 5.11 Å². The van der Waals surface area contributed by atoms with Crippen LogP contribution in [0, 0.1) is 0 Å². The lowest BCUT2D eigenvalue weighted by Gasteiger charge is -2.30. The van der Waals surface area contributed by atoms with Crippen LogP contribution in [-0.2, 0) is 19.5 Å². The molecule has 0 aliphatic carbocycles. The molecule has 0 fully saturated rings. The lowest BCUT2D eigenvalue weighted by atomic mass is 9.99. The average molecular weight is 385 g/mol. The van der Waals surface area contributed by atoms with Crippen molar-refractivity contribution in [2.24, 2.45) is 0 Å². The lowest BCUT2D eigenvalue weighted by Crippen LogP contribution is -2.33. The zero-order chi connectivity index (χ0) is 18.8. The molecular weight excluding hydrogens is 360 g/mol. The van der Waals surface area contributed by atoms with Crippen molar-refractivity contribution in [1.29, 1.82) is 0 Å². The molecular formula is C20H24N4O2S. The normalized spacial score (nSPS) is 14.9. The van der Waals surface area contributed by atoms with Crippen LogP contribution in [0.2, 0.25) is 0 Å². The Hall–Kier alpha value is -2.38. The van der Waals surface area contributed by atoms with Gasteiger partial charge in [0.05, 0.1) is 13.7 Å². The Morgan fingerprint density at radius 3 is 2.89 bits per heavy atom. The van der Waals surface area contributed by atoms with Crippen molar-refractivity contribution in [3.05, 3.63) is 57.5 Å². The summed E-state index contributed by atoms with van der Waals surface area (Å²) in [5, 5.41) is 21.3. The van der Waals surface area contributed by atoms with Gasteiger partial charge < -0.3 is 14.7 Å². The first-order valence-corrected chi connectivity index (χ1v) is 10.1. The SMILES string of the molecule is CC[C@H](O)c1nnc(N2CCc3c(cccc3OC)C2)n1Cc1cccs1. The molecule has 142 valence electrons. The molecule has 1 aliphatic rings. The predicted molar refractivity (Wildman–Crippen MR) is 106 cm³/mol. The molecule has 6 nitrogen and oxygen atoms in total. The van der Waals surface area contributed by atoms with E-state index in [4.69, 9.17) is 4.74 Å². The molecule has 0 unspecified atom stereocenters. The fourth-order valence-corrected chi connectivity index (χ4v) is 4.31. The van der Waals surface area contributed by atoms with Gasteiger partial charge in [0, 0.05) is 23.5 Å². The van der Waals surface area contributed by atoms with Gasteiger partial charge in [-0.1, -0.05) is 25.1 Å². The highest BCUT2D eigenvalue weighted by Gasteiger charge is 2.26. The molecule has 1 atom stereocenters. The van der Waals surface area contributed by atoms with E-state index in [-0.39, 0.29) is 0 Å². The molecule has 7 heteroatoms. The number of aliphatic hydroxyl groups excluding tert-OH is 1. The summed E-state index contributed by atoms with van der Waals surface area (Å²) in [7, 11) is 1.72. The third-order valence-corrected chi connectivity index (χ3v) is 5.93. The molecule has 2 aromatic heterocycles. The van der Waals surface area contributed by atoms with Gasteiger partial charge in [-0.2, -0.15) is 0 Å². The molecule has 4 rings (SSSR count). The molecule has 1 aliphatic heterocycles. The van der Waals surface area contributed by atoms with E-state index < -0.39 is 6.10 Å². The third-order valence-electron chi connectivity index (χ3n) is 5.06. The zero-order valence-electron chi connectivity index (χ0n) is 15.6. The standard InChI is InChI=1S/C20H24N4O2S/c1-3-17(25)19-21-22-20(24(19)13-15-7-5-11-27-15)23-10-9-16-14(12-23)6-4-8-18(16)26-2/h4-8,11,17,25H,3,9-10,12-13H2,1-2H3/t17-/m0/s1. The third kappa shape index (κ3) is 3.44. The maximum atomic E-state index is 10.4. The lowest BCUT2D eigenvalue weighted by molar-refractivity contribution is 0.159. The Labute approximate surface area is 163 Å². The van der Waals surface area contributed by atoms with Gasteiger partial charge in [-0.05, 0) is 35.9 Å².